The molecular weight excluding hydrogens is 407 g/mol. The van der Waals surface area contributed by atoms with E-state index >= 15 is 0 Å². The third kappa shape index (κ3) is 6.05. The summed E-state index contributed by atoms with van der Waals surface area (Å²) in [6.45, 7) is 2.70. The first-order valence-corrected chi connectivity index (χ1v) is 11.0. The molecule has 0 saturated carbocycles. The second kappa shape index (κ2) is 9.86. The van der Waals surface area contributed by atoms with E-state index in [1.54, 1.807) is 18.4 Å². The quantitative estimate of drug-likeness (QED) is 0.515. The molecule has 27 heavy (non-hydrogen) atoms. The monoisotopic (exact) mass is 424 g/mol. The summed E-state index contributed by atoms with van der Waals surface area (Å²) in [6.07, 6.45) is 2.47. The van der Waals surface area contributed by atoms with Crippen molar-refractivity contribution < 1.29 is 13.6 Å². The maximum absolute atomic E-state index is 13.3. The Morgan fingerprint density at radius 1 is 1.30 bits per heavy atom. The molecule has 1 N–H and O–H groups in total. The van der Waals surface area contributed by atoms with Crippen molar-refractivity contribution in [2.45, 2.75) is 27.8 Å². The van der Waals surface area contributed by atoms with E-state index in [2.05, 4.69) is 20.5 Å². The number of carbonyl (C=O) groups excluding carboxylic acids is 1. The molecule has 0 bridgehead atoms. The van der Waals surface area contributed by atoms with Gasteiger partial charge in [-0.3, -0.25) is 4.79 Å². The number of halogens is 1. The van der Waals surface area contributed by atoms with Gasteiger partial charge in [0.25, 0.3) is 0 Å². The molecule has 2 aromatic heterocycles. The van der Waals surface area contributed by atoms with Crippen LogP contribution in [-0.4, -0.2) is 33.4 Å². The summed E-state index contributed by atoms with van der Waals surface area (Å²) in [5.41, 5.74) is 1.34. The van der Waals surface area contributed by atoms with Gasteiger partial charge in [0.1, 0.15) is 12.1 Å². The van der Waals surface area contributed by atoms with Crippen molar-refractivity contribution in [2.24, 2.45) is 0 Å². The average molecular weight is 425 g/mol. The molecule has 142 valence electrons. The van der Waals surface area contributed by atoms with Gasteiger partial charge in [-0.25, -0.2) is 9.37 Å². The van der Waals surface area contributed by atoms with Crippen LogP contribution in [-0.2, 0) is 10.5 Å². The molecule has 1 amide bonds. The number of aromatic nitrogens is 3. The lowest BCUT2D eigenvalue weighted by Crippen LogP contribution is -2.25. The number of nitrogens with one attached hydrogen (secondary N) is 1. The molecule has 3 aromatic rings. The first kappa shape index (κ1) is 19.8. The van der Waals surface area contributed by atoms with Crippen LogP contribution in [0.3, 0.4) is 0 Å². The Morgan fingerprint density at radius 3 is 2.89 bits per heavy atom. The first-order valence-electron chi connectivity index (χ1n) is 8.20. The van der Waals surface area contributed by atoms with Crippen LogP contribution < -0.4 is 5.32 Å². The molecule has 0 aliphatic carbocycles. The number of oxazole rings is 1. The summed E-state index contributed by atoms with van der Waals surface area (Å²) < 4.78 is 20.3. The minimum absolute atomic E-state index is 0.00118. The fraction of sp³-hybridized carbons (Fsp3) is 0.294. The van der Waals surface area contributed by atoms with E-state index in [1.807, 2.05) is 6.92 Å². The molecule has 0 aliphatic rings. The Kier molecular flexibility index (Phi) is 7.25. The maximum Gasteiger partial charge on any atom is 0.230 e. The number of amides is 1. The molecule has 1 aromatic carbocycles. The summed E-state index contributed by atoms with van der Waals surface area (Å²) in [5, 5.41) is 11.0. The molecule has 0 aliphatic heterocycles. The largest absolute Gasteiger partial charge is 0.444 e. The lowest BCUT2D eigenvalue weighted by atomic mass is 10.2. The number of hydrogen-bond donors (Lipinski definition) is 1. The van der Waals surface area contributed by atoms with Gasteiger partial charge in [0.15, 0.2) is 8.68 Å². The van der Waals surface area contributed by atoms with Crippen LogP contribution in [0.25, 0.3) is 11.5 Å². The molecule has 6 nitrogen and oxygen atoms in total. The zero-order valence-corrected chi connectivity index (χ0v) is 16.9. The Bertz CT molecular complexity index is 900. The van der Waals surface area contributed by atoms with Crippen LogP contribution in [0, 0.1) is 5.82 Å². The number of benzene rings is 1. The smallest absolute Gasteiger partial charge is 0.230 e. The van der Waals surface area contributed by atoms with Crippen LogP contribution in [0.2, 0.25) is 0 Å². The Morgan fingerprint density at radius 2 is 2.11 bits per heavy atom. The fourth-order valence-corrected chi connectivity index (χ4v) is 4.75. The highest BCUT2D eigenvalue weighted by atomic mass is 32.2. The van der Waals surface area contributed by atoms with Gasteiger partial charge in [-0.15, -0.1) is 10.2 Å². The predicted octanol–water partition coefficient (Wildman–Crippen LogP) is 4.24. The second-order valence-electron chi connectivity index (χ2n) is 5.42. The number of carbonyl (C=O) groups is 1. The second-order valence-corrected chi connectivity index (χ2v) is 8.84. The van der Waals surface area contributed by atoms with Gasteiger partial charge < -0.3 is 9.73 Å². The van der Waals surface area contributed by atoms with Crippen molar-refractivity contribution in [2.75, 3.05) is 12.3 Å². The minimum Gasteiger partial charge on any atom is -0.444 e. The van der Waals surface area contributed by atoms with Crippen LogP contribution in [0.5, 0.6) is 0 Å². The van der Waals surface area contributed by atoms with Gasteiger partial charge in [0.05, 0.1) is 11.4 Å². The molecule has 0 unspecified atom stereocenters. The molecular formula is C17H17FN4O2S3. The number of nitrogens with zero attached hydrogens (tertiary/aromatic N) is 3. The number of thioether (sulfide) groups is 2. The highest BCUT2D eigenvalue weighted by Gasteiger charge is 2.11. The summed E-state index contributed by atoms with van der Waals surface area (Å²) in [5.74, 6) is 0.952. The SMILES string of the molecule is CCCNC(=O)CSc1nnc(SCc2coc(-c3cccc(F)c3)n2)s1. The van der Waals surface area contributed by atoms with Gasteiger partial charge >= 0.3 is 0 Å². The van der Waals surface area contributed by atoms with E-state index in [-0.39, 0.29) is 11.7 Å². The molecule has 3 rings (SSSR count). The van der Waals surface area contributed by atoms with Crippen molar-refractivity contribution in [3.05, 3.63) is 42.0 Å². The molecule has 0 atom stereocenters. The topological polar surface area (TPSA) is 80.9 Å². The van der Waals surface area contributed by atoms with E-state index < -0.39 is 0 Å². The number of rotatable bonds is 9. The van der Waals surface area contributed by atoms with Gasteiger partial charge in [-0.1, -0.05) is 47.9 Å². The highest BCUT2D eigenvalue weighted by Crippen LogP contribution is 2.31. The lowest BCUT2D eigenvalue weighted by molar-refractivity contribution is -0.118. The Labute approximate surface area is 168 Å². The van der Waals surface area contributed by atoms with E-state index in [1.165, 1.54) is 47.0 Å². The van der Waals surface area contributed by atoms with E-state index in [4.69, 9.17) is 4.42 Å². The van der Waals surface area contributed by atoms with E-state index in [0.717, 1.165) is 20.8 Å². The van der Waals surface area contributed by atoms with Gasteiger partial charge in [-0.05, 0) is 24.6 Å². The van der Waals surface area contributed by atoms with Crippen molar-refractivity contribution in [1.29, 1.82) is 0 Å². The van der Waals surface area contributed by atoms with Gasteiger partial charge in [0.2, 0.25) is 11.8 Å². The third-order valence-electron chi connectivity index (χ3n) is 3.25. The first-order chi connectivity index (χ1) is 13.1. The molecule has 0 saturated heterocycles. The van der Waals surface area contributed by atoms with Crippen LogP contribution in [0.15, 0.2) is 43.6 Å². The van der Waals surface area contributed by atoms with Crippen molar-refractivity contribution in [3.63, 3.8) is 0 Å². The zero-order chi connectivity index (χ0) is 19.1. The molecule has 0 spiro atoms. The van der Waals surface area contributed by atoms with Gasteiger partial charge in [-0.2, -0.15) is 0 Å². The van der Waals surface area contributed by atoms with Crippen LogP contribution >= 0.6 is 34.9 Å². The zero-order valence-electron chi connectivity index (χ0n) is 14.5. The lowest BCUT2D eigenvalue weighted by Gasteiger charge is -2.00. The Balaban J connectivity index is 1.49. The third-order valence-corrected chi connectivity index (χ3v) is 6.48. The molecule has 0 fully saturated rings. The van der Waals surface area contributed by atoms with Crippen molar-refractivity contribution >= 4 is 40.8 Å². The number of hydrogen-bond acceptors (Lipinski definition) is 8. The van der Waals surface area contributed by atoms with E-state index in [9.17, 15) is 9.18 Å². The molecule has 2 heterocycles. The summed E-state index contributed by atoms with van der Waals surface area (Å²) in [6, 6.07) is 6.12. The summed E-state index contributed by atoms with van der Waals surface area (Å²) in [7, 11) is 0. The normalized spacial score (nSPS) is 10.9. The van der Waals surface area contributed by atoms with E-state index in [0.29, 0.717) is 29.5 Å². The van der Waals surface area contributed by atoms with Crippen LogP contribution in [0.1, 0.15) is 19.0 Å². The van der Waals surface area contributed by atoms with Crippen molar-refractivity contribution in [1.82, 2.24) is 20.5 Å². The fourth-order valence-electron chi connectivity index (χ4n) is 2.02. The standard InChI is InChI=1S/C17H17FN4O2S3/c1-2-6-19-14(23)10-26-17-22-21-16(27-17)25-9-13-8-24-15(20-13)11-4-3-5-12(18)7-11/h3-5,7-8H,2,6,9-10H2,1H3,(H,19,23). The average Bonchev–Trinajstić information content (AvgIpc) is 3.32. The van der Waals surface area contributed by atoms with Crippen molar-refractivity contribution in [3.8, 4) is 11.5 Å². The highest BCUT2D eigenvalue weighted by molar-refractivity contribution is 8.03. The molecule has 0 radical (unpaired) electrons. The minimum atomic E-state index is -0.330. The van der Waals surface area contributed by atoms with Gasteiger partial charge in [0, 0.05) is 17.9 Å². The maximum atomic E-state index is 13.3. The predicted molar refractivity (Wildman–Crippen MR) is 105 cm³/mol. The summed E-state index contributed by atoms with van der Waals surface area (Å²) >= 11 is 4.30. The van der Waals surface area contributed by atoms with Crippen LogP contribution in [0.4, 0.5) is 4.39 Å². The summed E-state index contributed by atoms with van der Waals surface area (Å²) in [4.78, 5) is 16.0. The molecule has 10 heteroatoms. The Hall–Kier alpha value is -1.91.